The highest BCUT2D eigenvalue weighted by Crippen LogP contribution is 2.47. The van der Waals surface area contributed by atoms with Gasteiger partial charge in [0.15, 0.2) is 6.10 Å². The lowest BCUT2D eigenvalue weighted by molar-refractivity contribution is -0.220. The van der Waals surface area contributed by atoms with E-state index in [4.69, 9.17) is 18.5 Å². The van der Waals surface area contributed by atoms with E-state index in [1.54, 1.807) is 0 Å². The fourth-order valence-corrected chi connectivity index (χ4v) is 8.56. The van der Waals surface area contributed by atoms with Crippen molar-refractivity contribution in [3.63, 3.8) is 0 Å². The summed E-state index contributed by atoms with van der Waals surface area (Å²) in [5.74, 6) is -1.08. The van der Waals surface area contributed by atoms with Crippen LogP contribution in [0.25, 0.3) is 0 Å². The highest BCUT2D eigenvalue weighted by molar-refractivity contribution is 7.47. The number of aliphatic hydroxyl groups excluding tert-OH is 5. The third kappa shape index (κ3) is 29.0. The Bertz CT molecular complexity index is 1050. The van der Waals surface area contributed by atoms with Gasteiger partial charge in [-0.3, -0.25) is 18.6 Å². The molecule has 1 rings (SSSR count). The quantitative estimate of drug-likeness (QED) is 0.0193. The summed E-state index contributed by atoms with van der Waals surface area (Å²) in [6.07, 6.45) is 22.9. The van der Waals surface area contributed by atoms with Gasteiger partial charge in [-0.15, -0.1) is 0 Å². The zero-order valence-corrected chi connectivity index (χ0v) is 38.0. The van der Waals surface area contributed by atoms with Gasteiger partial charge < -0.3 is 39.9 Å². The number of unbranched alkanes of at least 4 members (excludes halogenated alkanes) is 28. The van der Waals surface area contributed by atoms with E-state index in [9.17, 15) is 44.6 Å². The molecule has 0 heterocycles. The maximum atomic E-state index is 12.8. The molecule has 59 heavy (non-hydrogen) atoms. The molecule has 0 aromatic rings. The van der Waals surface area contributed by atoms with Gasteiger partial charge in [-0.2, -0.15) is 0 Å². The largest absolute Gasteiger partial charge is 0.472 e. The van der Waals surface area contributed by atoms with Gasteiger partial charge in [0.05, 0.1) is 6.61 Å². The van der Waals surface area contributed by atoms with Gasteiger partial charge in [-0.1, -0.05) is 194 Å². The molecule has 0 amide bonds. The van der Waals surface area contributed by atoms with Gasteiger partial charge in [0.1, 0.15) is 43.2 Å². The lowest BCUT2D eigenvalue weighted by Crippen LogP contribution is -2.64. The number of esters is 2. The lowest BCUT2D eigenvalue weighted by Gasteiger charge is -2.41. The van der Waals surface area contributed by atoms with E-state index in [2.05, 4.69) is 13.8 Å². The van der Waals surface area contributed by atoms with Crippen LogP contribution in [0, 0.1) is 0 Å². The molecule has 0 aliphatic heterocycles. The summed E-state index contributed by atoms with van der Waals surface area (Å²) in [5, 5.41) is 50.1. The number of carbonyl (C=O) groups excluding carboxylic acids is 2. The van der Waals surface area contributed by atoms with Gasteiger partial charge in [-0.05, 0) is 12.8 Å². The van der Waals surface area contributed by atoms with Crippen LogP contribution in [0.2, 0.25) is 0 Å². The lowest BCUT2D eigenvalue weighted by atomic mass is 9.85. The molecule has 0 saturated heterocycles. The number of hydrogen-bond acceptors (Lipinski definition) is 12. The molecule has 1 aliphatic carbocycles. The van der Waals surface area contributed by atoms with Crippen LogP contribution in [0.4, 0.5) is 0 Å². The number of rotatable bonds is 40. The zero-order chi connectivity index (χ0) is 43.6. The van der Waals surface area contributed by atoms with Crippen LogP contribution in [0.15, 0.2) is 0 Å². The van der Waals surface area contributed by atoms with Crippen LogP contribution in [0.3, 0.4) is 0 Å². The normalized spacial score (nSPS) is 22.2. The highest BCUT2D eigenvalue weighted by atomic mass is 31.2. The van der Waals surface area contributed by atoms with Crippen molar-refractivity contribution in [3.8, 4) is 0 Å². The number of aliphatic hydroxyl groups is 5. The molecule has 0 aromatic heterocycles. The second-order valence-corrected chi connectivity index (χ2v) is 18.4. The number of phosphoric ester groups is 1. The number of phosphoric acid groups is 1. The Balaban J connectivity index is 2.43. The molecule has 1 fully saturated rings. The van der Waals surface area contributed by atoms with Crippen molar-refractivity contribution in [2.45, 2.75) is 262 Å². The zero-order valence-electron chi connectivity index (χ0n) is 37.1. The first-order valence-corrected chi connectivity index (χ1v) is 25.3. The first-order valence-electron chi connectivity index (χ1n) is 23.8. The Kier molecular flexibility index (Phi) is 34.4. The van der Waals surface area contributed by atoms with Crippen molar-refractivity contribution in [1.29, 1.82) is 0 Å². The van der Waals surface area contributed by atoms with Gasteiger partial charge in [0, 0.05) is 12.8 Å². The van der Waals surface area contributed by atoms with Crippen molar-refractivity contribution in [3.05, 3.63) is 0 Å². The summed E-state index contributed by atoms with van der Waals surface area (Å²) in [6, 6.07) is 0. The second-order valence-electron chi connectivity index (χ2n) is 17.0. The average Bonchev–Trinajstić information content (AvgIpc) is 3.21. The minimum absolute atomic E-state index is 0.105. The van der Waals surface area contributed by atoms with E-state index in [0.29, 0.717) is 12.8 Å². The Morgan fingerprint density at radius 1 is 0.458 bits per heavy atom. The van der Waals surface area contributed by atoms with Crippen LogP contribution in [0.1, 0.15) is 219 Å². The molecule has 6 unspecified atom stereocenters. The van der Waals surface area contributed by atoms with Gasteiger partial charge in [0.25, 0.3) is 0 Å². The Morgan fingerprint density at radius 2 is 0.763 bits per heavy atom. The SMILES string of the molecule is CCCCCCCCCCCCCCCCCC(=O)OC[C@H](COP(=O)(O)OC1C(O)C(O)C(O)[C@@H](O)C1O)OC(=O)CCCCCCCCCCCCCCCCC. The van der Waals surface area contributed by atoms with Crippen LogP contribution >= 0.6 is 7.82 Å². The summed E-state index contributed by atoms with van der Waals surface area (Å²) in [6.45, 7) is 3.33. The van der Waals surface area contributed by atoms with Crippen molar-refractivity contribution < 1.29 is 63.1 Å². The molecule has 0 aromatic carbocycles. The Morgan fingerprint density at radius 3 is 1.12 bits per heavy atom. The predicted octanol–water partition coefficient (Wildman–Crippen LogP) is 9.28. The van der Waals surface area contributed by atoms with Gasteiger partial charge >= 0.3 is 19.8 Å². The molecule has 0 radical (unpaired) electrons. The molecule has 6 N–H and O–H groups in total. The molecular weight excluding hydrogens is 779 g/mol. The van der Waals surface area contributed by atoms with Crippen molar-refractivity contribution >= 4 is 19.8 Å². The summed E-state index contributed by atoms with van der Waals surface area (Å²) >= 11 is 0. The molecule has 8 atom stereocenters. The molecule has 350 valence electrons. The summed E-state index contributed by atoms with van der Waals surface area (Å²) in [7, 11) is -5.11. The van der Waals surface area contributed by atoms with Crippen LogP contribution in [-0.4, -0.2) is 98.3 Å². The Labute approximate surface area is 357 Å². The highest BCUT2D eigenvalue weighted by Gasteiger charge is 2.51. The predicted molar refractivity (Wildman–Crippen MR) is 231 cm³/mol. The van der Waals surface area contributed by atoms with E-state index < -0.39 is 75.7 Å². The fourth-order valence-electron chi connectivity index (χ4n) is 7.58. The maximum Gasteiger partial charge on any atom is 0.472 e. The van der Waals surface area contributed by atoms with Crippen LogP contribution in [-0.2, 0) is 32.7 Å². The summed E-state index contributed by atoms with van der Waals surface area (Å²) < 4.78 is 33.6. The summed E-state index contributed by atoms with van der Waals surface area (Å²) in [5.41, 5.74) is 0. The molecule has 1 saturated carbocycles. The third-order valence-electron chi connectivity index (χ3n) is 11.4. The van der Waals surface area contributed by atoms with Gasteiger partial charge in [-0.25, -0.2) is 4.57 Å². The fraction of sp³-hybridized carbons (Fsp3) is 0.956. The molecule has 0 bridgehead atoms. The number of carbonyl (C=O) groups is 2. The molecule has 13 nitrogen and oxygen atoms in total. The monoisotopic (exact) mass is 867 g/mol. The number of hydrogen-bond donors (Lipinski definition) is 6. The summed E-state index contributed by atoms with van der Waals surface area (Å²) in [4.78, 5) is 35.7. The Hall–Kier alpha value is -1.15. The van der Waals surface area contributed by atoms with Crippen LogP contribution in [0.5, 0.6) is 0 Å². The van der Waals surface area contributed by atoms with E-state index in [0.717, 1.165) is 38.5 Å². The van der Waals surface area contributed by atoms with E-state index in [1.807, 2.05) is 0 Å². The van der Waals surface area contributed by atoms with Gasteiger partial charge in [0.2, 0.25) is 0 Å². The van der Waals surface area contributed by atoms with E-state index in [1.165, 1.54) is 141 Å². The third-order valence-corrected chi connectivity index (χ3v) is 12.4. The minimum Gasteiger partial charge on any atom is -0.462 e. The molecule has 14 heteroatoms. The second kappa shape index (κ2) is 36.3. The van der Waals surface area contributed by atoms with Crippen molar-refractivity contribution in [2.75, 3.05) is 13.2 Å². The van der Waals surface area contributed by atoms with Crippen LogP contribution < -0.4 is 0 Å². The van der Waals surface area contributed by atoms with Crippen molar-refractivity contribution in [1.82, 2.24) is 0 Å². The first-order chi connectivity index (χ1) is 28.4. The average molecular weight is 867 g/mol. The van der Waals surface area contributed by atoms with E-state index >= 15 is 0 Å². The smallest absolute Gasteiger partial charge is 0.462 e. The number of ether oxygens (including phenoxy) is 2. The molecular formula is C45H87O13P. The minimum atomic E-state index is -5.11. The maximum absolute atomic E-state index is 12.8. The first kappa shape index (κ1) is 55.9. The standard InChI is InChI=1S/C45H87O13P/c1-3-5-7-9-11-13-15-17-19-21-23-25-27-29-31-33-38(46)55-35-37(36-56-59(53,54)58-45-43(51)41(49)40(48)42(50)44(45)52)57-39(47)34-32-30-28-26-24-22-20-18-16-14-12-10-8-6-4-2/h37,40-45,48-52H,3-36H2,1-2H3,(H,53,54)/t37-,40?,41-,42?,43?,44?,45?/m1/s1. The van der Waals surface area contributed by atoms with E-state index in [-0.39, 0.29) is 12.8 Å². The topological polar surface area (TPSA) is 210 Å². The molecule has 1 aliphatic rings. The van der Waals surface area contributed by atoms with Crippen molar-refractivity contribution in [2.24, 2.45) is 0 Å². The molecule has 0 spiro atoms.